The minimum Gasteiger partial charge on any atom is -0.508 e. The minimum absolute atomic E-state index is 0.0336. The van der Waals surface area contributed by atoms with E-state index in [1.54, 1.807) is 6.07 Å². The van der Waals surface area contributed by atoms with Crippen LogP contribution in [0.15, 0.2) is 23.0 Å². The highest BCUT2D eigenvalue weighted by molar-refractivity contribution is 6.22. The van der Waals surface area contributed by atoms with Crippen molar-refractivity contribution in [2.75, 3.05) is 11.9 Å². The van der Waals surface area contributed by atoms with Crippen molar-refractivity contribution in [3.63, 3.8) is 0 Å². The van der Waals surface area contributed by atoms with Crippen molar-refractivity contribution in [1.82, 2.24) is 0 Å². The second-order valence-corrected chi connectivity index (χ2v) is 10.9. The van der Waals surface area contributed by atoms with Crippen LogP contribution in [0.4, 0.5) is 10.5 Å². The lowest BCUT2D eigenvalue weighted by Crippen LogP contribution is -2.58. The number of ketones is 2. The molecule has 0 heterocycles. The van der Waals surface area contributed by atoms with E-state index >= 15 is 0 Å². The zero-order valence-electron chi connectivity index (χ0n) is 21.6. The number of carbonyl (C=O) groups excluding carboxylic acids is 4. The number of phenols is 1. The molecule has 3 aliphatic carbocycles. The fraction of sp³-hybridized carbons (Fsp3) is 0.481. The van der Waals surface area contributed by atoms with Gasteiger partial charge in [-0.3, -0.25) is 19.7 Å². The number of benzene rings is 1. The topological polar surface area (TPSA) is 196 Å². The third kappa shape index (κ3) is 4.10. The number of anilines is 1. The number of Topliss-reactive ketones (excluding diaryl/α,β-unsaturated/α-hetero) is 2. The van der Waals surface area contributed by atoms with Crippen LogP contribution in [-0.4, -0.2) is 56.2 Å². The zero-order valence-corrected chi connectivity index (χ0v) is 21.6. The Morgan fingerprint density at radius 2 is 1.82 bits per heavy atom. The second-order valence-electron chi connectivity index (χ2n) is 10.9. The van der Waals surface area contributed by atoms with Crippen LogP contribution in [-0.2, 0) is 25.5 Å². The molecule has 0 spiro atoms. The van der Waals surface area contributed by atoms with E-state index < -0.39 is 63.8 Å². The van der Waals surface area contributed by atoms with Gasteiger partial charge in [0.2, 0.25) is 5.78 Å². The summed E-state index contributed by atoms with van der Waals surface area (Å²) in [7, 11) is 0. The van der Waals surface area contributed by atoms with E-state index in [0.717, 1.165) is 0 Å². The molecule has 1 aromatic carbocycles. The lowest BCUT2D eigenvalue weighted by molar-refractivity contribution is -0.147. The fourth-order valence-electron chi connectivity index (χ4n) is 5.72. The number of hydrogen-bond acceptors (Lipinski definition) is 9. The summed E-state index contributed by atoms with van der Waals surface area (Å²) in [6.45, 7) is 7.66. The predicted molar refractivity (Wildman–Crippen MR) is 135 cm³/mol. The molecule has 0 radical (unpaired) electrons. The Kier molecular flexibility index (Phi) is 6.77. The van der Waals surface area contributed by atoms with Crippen LogP contribution in [0.5, 0.6) is 5.75 Å². The van der Waals surface area contributed by atoms with Crippen molar-refractivity contribution >= 4 is 35.0 Å². The standard InChI is InChI=1S/C27H32N2O9/c1-10(2)9-38-26(36)29-16-8-14(11(3)4)15-6-12-5-13-7-17(30)20(25(28)35)24(34)27(13,37)23(33)18(12)22(32)19(15)21(16)31/h8,10-13,31-32,34,37H,5-7,9H2,1-4H3,(H2,28,35)(H,29,36)/t12-,13+,27+/m1/s1. The molecule has 1 fully saturated rings. The summed E-state index contributed by atoms with van der Waals surface area (Å²) in [5.74, 6) is -7.07. The summed E-state index contributed by atoms with van der Waals surface area (Å²) in [5.41, 5.74) is 2.64. The molecule has 0 unspecified atom stereocenters. The lowest BCUT2D eigenvalue weighted by Gasteiger charge is -2.46. The third-order valence-corrected chi connectivity index (χ3v) is 7.50. The quantitative estimate of drug-likeness (QED) is 0.246. The average Bonchev–Trinajstić information content (AvgIpc) is 2.81. The van der Waals surface area contributed by atoms with E-state index in [0.29, 0.717) is 11.1 Å². The number of fused-ring (bicyclic) bond motifs is 3. The van der Waals surface area contributed by atoms with Gasteiger partial charge in [0.05, 0.1) is 17.9 Å². The number of primary amides is 1. The van der Waals surface area contributed by atoms with Crippen LogP contribution in [0.25, 0.3) is 5.76 Å². The van der Waals surface area contributed by atoms with E-state index in [4.69, 9.17) is 10.5 Å². The number of nitrogens with one attached hydrogen (secondary N) is 1. The average molecular weight is 529 g/mol. The molecule has 0 aliphatic heterocycles. The summed E-state index contributed by atoms with van der Waals surface area (Å²) in [4.78, 5) is 50.3. The Morgan fingerprint density at radius 1 is 1.16 bits per heavy atom. The summed E-state index contributed by atoms with van der Waals surface area (Å²) >= 11 is 0. The summed E-state index contributed by atoms with van der Waals surface area (Å²) in [5, 5.41) is 47.0. The number of aliphatic hydroxyl groups excluding tert-OH is 2. The van der Waals surface area contributed by atoms with Gasteiger partial charge in [0, 0.05) is 17.9 Å². The molecule has 1 aromatic rings. The van der Waals surface area contributed by atoms with E-state index in [9.17, 15) is 39.6 Å². The first kappa shape index (κ1) is 27.2. The molecule has 204 valence electrons. The first-order chi connectivity index (χ1) is 17.7. The molecule has 0 aromatic heterocycles. The monoisotopic (exact) mass is 528 g/mol. The minimum atomic E-state index is -2.64. The maximum absolute atomic E-state index is 13.7. The molecule has 3 aliphatic rings. The van der Waals surface area contributed by atoms with Gasteiger partial charge in [-0.15, -0.1) is 0 Å². The van der Waals surface area contributed by atoms with Crippen LogP contribution < -0.4 is 11.1 Å². The molecule has 3 atom stereocenters. The lowest BCUT2D eigenvalue weighted by atomic mass is 9.59. The highest BCUT2D eigenvalue weighted by Gasteiger charge is 2.60. The van der Waals surface area contributed by atoms with E-state index in [1.165, 1.54) is 0 Å². The van der Waals surface area contributed by atoms with Crippen molar-refractivity contribution in [3.8, 4) is 5.75 Å². The van der Waals surface area contributed by atoms with E-state index in [1.807, 2.05) is 27.7 Å². The number of hydrogen-bond donors (Lipinski definition) is 6. The van der Waals surface area contributed by atoms with Crippen LogP contribution in [0.3, 0.4) is 0 Å². The summed E-state index contributed by atoms with van der Waals surface area (Å²) in [6.07, 6.45) is -0.960. The fourth-order valence-corrected chi connectivity index (χ4v) is 5.72. The maximum atomic E-state index is 13.7. The van der Waals surface area contributed by atoms with Gasteiger partial charge < -0.3 is 30.9 Å². The van der Waals surface area contributed by atoms with Gasteiger partial charge >= 0.3 is 6.09 Å². The van der Waals surface area contributed by atoms with Crippen LogP contribution in [0.2, 0.25) is 0 Å². The van der Waals surface area contributed by atoms with Gasteiger partial charge in [-0.05, 0) is 47.8 Å². The number of nitrogens with two attached hydrogens (primary N) is 1. The van der Waals surface area contributed by atoms with E-state index in [2.05, 4.69) is 5.32 Å². The van der Waals surface area contributed by atoms with Gasteiger partial charge in [0.1, 0.15) is 22.8 Å². The number of rotatable bonds is 5. The zero-order chi connectivity index (χ0) is 28.3. The SMILES string of the molecule is CC(C)COC(=O)Nc1cc(C(C)C)c2c(c1O)C(O)=C1C(=O)[C@]3(O)C(O)=C(C(N)=O)C(=O)C[C@@H]3C[C@@H]1C2. The number of amides is 2. The van der Waals surface area contributed by atoms with Crippen molar-refractivity contribution in [1.29, 1.82) is 0 Å². The number of carbonyl (C=O) groups is 4. The molecule has 1 saturated carbocycles. The first-order valence-corrected chi connectivity index (χ1v) is 12.5. The van der Waals surface area contributed by atoms with Gasteiger partial charge in [-0.2, -0.15) is 0 Å². The Labute approximate surface area is 219 Å². The molecule has 0 bridgehead atoms. The number of phenolic OH excluding ortho intramolecular Hbond substituents is 1. The van der Waals surface area contributed by atoms with Crippen molar-refractivity contribution < 1.29 is 44.3 Å². The Balaban J connectivity index is 1.86. The van der Waals surface area contributed by atoms with Gasteiger partial charge in [0.25, 0.3) is 5.91 Å². The van der Waals surface area contributed by atoms with Crippen LogP contribution >= 0.6 is 0 Å². The molecule has 11 heteroatoms. The normalized spacial score (nSPS) is 24.8. The molecule has 4 rings (SSSR count). The molecular weight excluding hydrogens is 496 g/mol. The molecule has 38 heavy (non-hydrogen) atoms. The first-order valence-electron chi connectivity index (χ1n) is 12.5. The highest BCUT2D eigenvalue weighted by Crippen LogP contribution is 2.53. The van der Waals surface area contributed by atoms with Crippen molar-refractivity contribution in [2.24, 2.45) is 23.5 Å². The molecule has 2 amide bonds. The van der Waals surface area contributed by atoms with E-state index in [-0.39, 0.29) is 54.5 Å². The molecule has 7 N–H and O–H groups in total. The van der Waals surface area contributed by atoms with Gasteiger partial charge in [-0.25, -0.2) is 4.79 Å². The molecule has 0 saturated heterocycles. The Morgan fingerprint density at radius 3 is 2.39 bits per heavy atom. The highest BCUT2D eigenvalue weighted by atomic mass is 16.5. The smallest absolute Gasteiger partial charge is 0.411 e. The molecule has 11 nitrogen and oxygen atoms in total. The summed E-state index contributed by atoms with van der Waals surface area (Å²) < 4.78 is 5.14. The van der Waals surface area contributed by atoms with Gasteiger partial charge in [0.15, 0.2) is 11.4 Å². The predicted octanol–water partition coefficient (Wildman–Crippen LogP) is 2.75. The number of aromatic hydroxyl groups is 1. The maximum Gasteiger partial charge on any atom is 0.411 e. The van der Waals surface area contributed by atoms with Crippen LogP contribution in [0.1, 0.15) is 63.1 Å². The van der Waals surface area contributed by atoms with Crippen LogP contribution in [0, 0.1) is 17.8 Å². The number of ether oxygens (including phenoxy) is 1. The van der Waals surface area contributed by atoms with Crippen molar-refractivity contribution in [3.05, 3.63) is 39.7 Å². The number of aliphatic hydroxyl groups is 3. The Bertz CT molecular complexity index is 1320. The van der Waals surface area contributed by atoms with Gasteiger partial charge in [-0.1, -0.05) is 27.7 Å². The second kappa shape index (κ2) is 9.46. The van der Waals surface area contributed by atoms with Crippen molar-refractivity contribution in [2.45, 2.75) is 58.5 Å². The summed E-state index contributed by atoms with van der Waals surface area (Å²) in [6, 6.07) is 1.59. The largest absolute Gasteiger partial charge is 0.508 e. The molecular formula is C27H32N2O9. The third-order valence-electron chi connectivity index (χ3n) is 7.50. The Hall–Kier alpha value is -3.86.